The van der Waals surface area contributed by atoms with Crippen LogP contribution >= 0.6 is 27.5 Å². The van der Waals surface area contributed by atoms with Crippen LogP contribution in [0.15, 0.2) is 22.7 Å². The van der Waals surface area contributed by atoms with Crippen LogP contribution in [0, 0.1) is 17.8 Å². The highest BCUT2D eigenvalue weighted by Gasteiger charge is 2.41. The van der Waals surface area contributed by atoms with Crippen LogP contribution in [-0.4, -0.2) is 17.0 Å². The van der Waals surface area contributed by atoms with Crippen LogP contribution in [0.4, 0.5) is 5.69 Å². The van der Waals surface area contributed by atoms with Gasteiger partial charge in [0.15, 0.2) is 0 Å². The molecule has 20 heavy (non-hydrogen) atoms. The van der Waals surface area contributed by atoms with Crippen LogP contribution < -0.4 is 5.32 Å². The van der Waals surface area contributed by atoms with Crippen molar-refractivity contribution in [3.8, 4) is 0 Å². The molecule has 3 atom stereocenters. The summed E-state index contributed by atoms with van der Waals surface area (Å²) < 4.78 is 0.798. The molecule has 0 saturated heterocycles. The number of carboxylic acids is 1. The Morgan fingerprint density at radius 1 is 1.35 bits per heavy atom. The van der Waals surface area contributed by atoms with Gasteiger partial charge >= 0.3 is 5.97 Å². The molecular formula is C14H15BrClNO3. The largest absolute Gasteiger partial charge is 0.481 e. The lowest BCUT2D eigenvalue weighted by Gasteiger charge is -2.16. The van der Waals surface area contributed by atoms with Crippen LogP contribution in [0.5, 0.6) is 0 Å². The molecule has 1 aromatic carbocycles. The summed E-state index contributed by atoms with van der Waals surface area (Å²) >= 11 is 9.33. The van der Waals surface area contributed by atoms with E-state index in [2.05, 4.69) is 21.2 Å². The summed E-state index contributed by atoms with van der Waals surface area (Å²) in [5.41, 5.74) is 0.495. The third-order valence-electron chi connectivity index (χ3n) is 3.64. The Morgan fingerprint density at radius 2 is 2.00 bits per heavy atom. The summed E-state index contributed by atoms with van der Waals surface area (Å²) in [6.07, 6.45) is 1.13. The van der Waals surface area contributed by atoms with E-state index in [1.807, 2.05) is 6.92 Å². The van der Waals surface area contributed by atoms with Crippen LogP contribution in [0.3, 0.4) is 0 Å². The van der Waals surface area contributed by atoms with Crippen molar-refractivity contribution in [2.24, 2.45) is 17.8 Å². The zero-order valence-corrected chi connectivity index (χ0v) is 13.2. The number of hydrogen-bond donors (Lipinski definition) is 2. The van der Waals surface area contributed by atoms with Gasteiger partial charge in [0.1, 0.15) is 0 Å². The molecule has 0 bridgehead atoms. The number of rotatable bonds is 3. The fraction of sp³-hybridized carbons (Fsp3) is 0.429. The van der Waals surface area contributed by atoms with Gasteiger partial charge in [0.25, 0.3) is 0 Å². The highest BCUT2D eigenvalue weighted by molar-refractivity contribution is 9.10. The fourth-order valence-corrected chi connectivity index (χ4v) is 3.20. The van der Waals surface area contributed by atoms with E-state index >= 15 is 0 Å². The fourth-order valence-electron chi connectivity index (χ4n) is 2.67. The molecule has 0 aromatic heterocycles. The standard InChI is InChI=1S/C14H15BrClNO3/c1-7-4-9(10(5-7)14(19)20)13(18)17-12-6-8(15)2-3-11(12)16/h2-3,6-7,9-10H,4-5H2,1H3,(H,17,18)(H,19,20). The van der Waals surface area contributed by atoms with E-state index in [1.165, 1.54) is 0 Å². The zero-order chi connectivity index (χ0) is 14.9. The van der Waals surface area contributed by atoms with Gasteiger partial charge in [-0.3, -0.25) is 9.59 Å². The number of carboxylic acid groups (broad SMARTS) is 1. The second kappa shape index (κ2) is 6.14. The Morgan fingerprint density at radius 3 is 2.65 bits per heavy atom. The van der Waals surface area contributed by atoms with Gasteiger partial charge < -0.3 is 10.4 Å². The average Bonchev–Trinajstić information content (AvgIpc) is 2.76. The SMILES string of the molecule is CC1CC(C(=O)O)C(C(=O)Nc2cc(Br)ccc2Cl)C1. The molecule has 3 unspecified atom stereocenters. The minimum atomic E-state index is -0.908. The average molecular weight is 361 g/mol. The molecule has 1 amide bonds. The van der Waals surface area contributed by atoms with Gasteiger partial charge in [-0.15, -0.1) is 0 Å². The summed E-state index contributed by atoms with van der Waals surface area (Å²) in [6, 6.07) is 5.15. The molecule has 0 radical (unpaired) electrons. The molecule has 1 aromatic rings. The minimum Gasteiger partial charge on any atom is -0.481 e. The van der Waals surface area contributed by atoms with Gasteiger partial charge in [0.05, 0.1) is 22.5 Å². The van der Waals surface area contributed by atoms with Crippen LogP contribution in [0.1, 0.15) is 19.8 Å². The molecule has 1 aliphatic rings. The molecule has 0 spiro atoms. The van der Waals surface area contributed by atoms with Crippen molar-refractivity contribution in [1.82, 2.24) is 0 Å². The molecule has 6 heteroatoms. The number of anilines is 1. The van der Waals surface area contributed by atoms with Gasteiger partial charge in [0.2, 0.25) is 5.91 Å². The second-order valence-electron chi connectivity index (χ2n) is 5.24. The van der Waals surface area contributed by atoms with Crippen molar-refractivity contribution in [1.29, 1.82) is 0 Å². The van der Waals surface area contributed by atoms with Crippen molar-refractivity contribution < 1.29 is 14.7 Å². The van der Waals surface area contributed by atoms with Gasteiger partial charge in [0, 0.05) is 4.47 Å². The van der Waals surface area contributed by atoms with Crippen LogP contribution in [0.25, 0.3) is 0 Å². The highest BCUT2D eigenvalue weighted by Crippen LogP contribution is 2.37. The first-order valence-corrected chi connectivity index (χ1v) is 7.54. The van der Waals surface area contributed by atoms with Gasteiger partial charge in [-0.1, -0.05) is 34.5 Å². The first-order chi connectivity index (χ1) is 9.38. The molecule has 2 rings (SSSR count). The molecule has 2 N–H and O–H groups in total. The van der Waals surface area contributed by atoms with Crippen molar-refractivity contribution in [2.75, 3.05) is 5.32 Å². The maximum Gasteiger partial charge on any atom is 0.307 e. The summed E-state index contributed by atoms with van der Waals surface area (Å²) in [5.74, 6) is -2.06. The molecule has 1 saturated carbocycles. The second-order valence-corrected chi connectivity index (χ2v) is 6.56. The predicted octanol–water partition coefficient (Wildman–Crippen LogP) is 3.79. The maximum atomic E-state index is 12.3. The monoisotopic (exact) mass is 359 g/mol. The Hall–Kier alpha value is -1.07. The topological polar surface area (TPSA) is 66.4 Å². The lowest BCUT2D eigenvalue weighted by Crippen LogP contribution is -2.30. The predicted molar refractivity (Wildman–Crippen MR) is 80.8 cm³/mol. The van der Waals surface area contributed by atoms with E-state index in [1.54, 1.807) is 18.2 Å². The van der Waals surface area contributed by atoms with Crippen molar-refractivity contribution in [3.05, 3.63) is 27.7 Å². The quantitative estimate of drug-likeness (QED) is 0.862. The summed E-state index contributed by atoms with van der Waals surface area (Å²) in [7, 11) is 0. The number of halogens is 2. The molecule has 0 aliphatic heterocycles. The number of aliphatic carboxylic acids is 1. The summed E-state index contributed by atoms with van der Waals surface area (Å²) in [5, 5.41) is 12.4. The van der Waals surface area contributed by atoms with Crippen molar-refractivity contribution in [3.63, 3.8) is 0 Å². The van der Waals surface area contributed by atoms with E-state index in [4.69, 9.17) is 11.6 Å². The molecule has 0 heterocycles. The van der Waals surface area contributed by atoms with E-state index in [0.29, 0.717) is 23.6 Å². The number of benzene rings is 1. The third kappa shape index (κ3) is 3.33. The number of carbonyl (C=O) groups excluding carboxylic acids is 1. The van der Waals surface area contributed by atoms with Crippen LogP contribution in [0.2, 0.25) is 5.02 Å². The van der Waals surface area contributed by atoms with Gasteiger partial charge in [-0.2, -0.15) is 0 Å². The number of carbonyl (C=O) groups is 2. The van der Waals surface area contributed by atoms with E-state index < -0.39 is 17.8 Å². The van der Waals surface area contributed by atoms with Crippen LogP contribution in [-0.2, 0) is 9.59 Å². The van der Waals surface area contributed by atoms with E-state index in [9.17, 15) is 14.7 Å². The Labute approximate surface area is 130 Å². The first-order valence-electron chi connectivity index (χ1n) is 6.37. The Balaban J connectivity index is 2.15. The summed E-state index contributed by atoms with van der Waals surface area (Å²) in [6.45, 7) is 1.97. The zero-order valence-electron chi connectivity index (χ0n) is 10.9. The van der Waals surface area contributed by atoms with E-state index in [0.717, 1.165) is 4.47 Å². The van der Waals surface area contributed by atoms with Crippen molar-refractivity contribution >= 4 is 45.1 Å². The number of amides is 1. The first kappa shape index (κ1) is 15.3. The lowest BCUT2D eigenvalue weighted by molar-refractivity contribution is -0.145. The normalized spacial score (nSPS) is 25.4. The Kier molecular flexibility index (Phi) is 4.70. The molecular weight excluding hydrogens is 346 g/mol. The molecule has 1 aliphatic carbocycles. The van der Waals surface area contributed by atoms with Gasteiger partial charge in [-0.05, 0) is 37.0 Å². The summed E-state index contributed by atoms with van der Waals surface area (Å²) in [4.78, 5) is 23.5. The lowest BCUT2D eigenvalue weighted by atomic mass is 9.95. The third-order valence-corrected chi connectivity index (χ3v) is 4.46. The number of nitrogens with one attached hydrogen (secondary N) is 1. The van der Waals surface area contributed by atoms with Gasteiger partial charge in [-0.25, -0.2) is 0 Å². The minimum absolute atomic E-state index is 0.241. The smallest absolute Gasteiger partial charge is 0.307 e. The highest BCUT2D eigenvalue weighted by atomic mass is 79.9. The molecule has 108 valence electrons. The number of hydrogen-bond acceptors (Lipinski definition) is 2. The Bertz CT molecular complexity index is 549. The maximum absolute atomic E-state index is 12.3. The van der Waals surface area contributed by atoms with Crippen molar-refractivity contribution in [2.45, 2.75) is 19.8 Å². The molecule has 1 fully saturated rings. The van der Waals surface area contributed by atoms with E-state index in [-0.39, 0.29) is 11.8 Å². The molecule has 4 nitrogen and oxygen atoms in total.